The molecule has 2 heterocycles. The second-order valence-electron chi connectivity index (χ2n) is 4.05. The molecule has 0 amide bonds. The molecular weight excluding hydrogens is 282 g/mol. The van der Waals surface area contributed by atoms with Crippen LogP contribution in [0.2, 0.25) is 4.47 Å². The van der Waals surface area contributed by atoms with Gasteiger partial charge in [0.25, 0.3) is 0 Å². The van der Waals surface area contributed by atoms with Gasteiger partial charge in [-0.3, -0.25) is 0 Å². The number of hydrogen-bond acceptors (Lipinski definition) is 4. The summed E-state index contributed by atoms with van der Waals surface area (Å²) in [5.74, 6) is 0.819. The lowest BCUT2D eigenvalue weighted by molar-refractivity contribution is 0.415. The van der Waals surface area contributed by atoms with E-state index in [1.54, 1.807) is 13.3 Å². The summed E-state index contributed by atoms with van der Waals surface area (Å²) in [6, 6.07) is 6.00. The Kier molecular flexibility index (Phi) is 3.31. The fraction of sp³-hybridized carbons (Fsp3) is 0.154. The lowest BCUT2D eigenvalue weighted by atomic mass is 10.2. The normalized spacial score (nSPS) is 10.8. The van der Waals surface area contributed by atoms with Crippen LogP contribution in [0.4, 0.5) is 5.69 Å². The Balaban J connectivity index is 1.88. The van der Waals surface area contributed by atoms with Crippen LogP contribution >= 0.6 is 22.9 Å². The number of methoxy groups -OCH3 is 1. The zero-order chi connectivity index (χ0) is 13.2. The largest absolute Gasteiger partial charge is 0.497 e. The van der Waals surface area contributed by atoms with Gasteiger partial charge in [0, 0.05) is 40.5 Å². The average Bonchev–Trinajstić information content (AvgIpc) is 3.04. The maximum atomic E-state index is 5.82. The van der Waals surface area contributed by atoms with Crippen molar-refractivity contribution in [3.63, 3.8) is 0 Å². The van der Waals surface area contributed by atoms with Gasteiger partial charge in [0.05, 0.1) is 19.2 Å². The van der Waals surface area contributed by atoms with Crippen LogP contribution in [-0.4, -0.2) is 17.1 Å². The van der Waals surface area contributed by atoms with E-state index in [1.165, 1.54) is 11.3 Å². The van der Waals surface area contributed by atoms with E-state index in [1.807, 2.05) is 24.4 Å². The number of hydrogen-bond donors (Lipinski definition) is 2. The fourth-order valence-electron chi connectivity index (χ4n) is 1.95. The molecule has 0 aliphatic carbocycles. The van der Waals surface area contributed by atoms with Crippen molar-refractivity contribution in [2.45, 2.75) is 6.54 Å². The molecule has 0 unspecified atom stereocenters. The standard InChI is InChI=1S/C13H12ClN3OS/c1-18-8-4-11-10(2-3-15-11)12(5-8)16-6-9-7-17-13(14)19-9/h2-5,7,15-16H,6H2,1H3. The molecule has 6 heteroatoms. The fourth-order valence-corrected chi connectivity index (χ4v) is 2.87. The number of nitrogens with one attached hydrogen (secondary N) is 2. The molecule has 0 saturated heterocycles. The first-order chi connectivity index (χ1) is 9.26. The Morgan fingerprint density at radius 2 is 2.37 bits per heavy atom. The van der Waals surface area contributed by atoms with Crippen molar-refractivity contribution in [1.29, 1.82) is 0 Å². The number of halogens is 1. The summed E-state index contributed by atoms with van der Waals surface area (Å²) in [6.07, 6.45) is 3.70. The van der Waals surface area contributed by atoms with Crippen LogP contribution in [-0.2, 0) is 6.54 Å². The summed E-state index contributed by atoms with van der Waals surface area (Å²) in [7, 11) is 1.66. The van der Waals surface area contributed by atoms with Gasteiger partial charge in [-0.15, -0.1) is 11.3 Å². The van der Waals surface area contributed by atoms with Gasteiger partial charge in [0.1, 0.15) is 5.75 Å². The molecule has 2 N–H and O–H groups in total. The van der Waals surface area contributed by atoms with Crippen LogP contribution in [0.3, 0.4) is 0 Å². The smallest absolute Gasteiger partial charge is 0.183 e. The summed E-state index contributed by atoms with van der Waals surface area (Å²) in [6.45, 7) is 0.692. The number of ether oxygens (including phenoxy) is 1. The van der Waals surface area contributed by atoms with E-state index >= 15 is 0 Å². The highest BCUT2D eigenvalue weighted by atomic mass is 35.5. The third kappa shape index (κ3) is 2.52. The molecule has 3 rings (SSSR count). The van der Waals surface area contributed by atoms with Crippen LogP contribution in [0.25, 0.3) is 10.9 Å². The summed E-state index contributed by atoms with van der Waals surface area (Å²) >= 11 is 7.30. The Morgan fingerprint density at radius 3 is 3.11 bits per heavy atom. The molecule has 98 valence electrons. The zero-order valence-electron chi connectivity index (χ0n) is 10.2. The Hall–Kier alpha value is -1.72. The second-order valence-corrected chi connectivity index (χ2v) is 5.74. The summed E-state index contributed by atoms with van der Waals surface area (Å²) in [4.78, 5) is 8.31. The van der Waals surface area contributed by atoms with Gasteiger partial charge in [-0.25, -0.2) is 4.98 Å². The average molecular weight is 294 g/mol. The minimum atomic E-state index is 0.564. The zero-order valence-corrected chi connectivity index (χ0v) is 11.8. The maximum absolute atomic E-state index is 5.82. The lowest BCUT2D eigenvalue weighted by Gasteiger charge is -2.09. The quantitative estimate of drug-likeness (QED) is 0.767. The number of anilines is 1. The lowest BCUT2D eigenvalue weighted by Crippen LogP contribution is -1.98. The molecule has 0 fully saturated rings. The highest BCUT2D eigenvalue weighted by Gasteiger charge is 2.06. The second kappa shape index (κ2) is 5.11. The van der Waals surface area contributed by atoms with Gasteiger partial charge in [0.2, 0.25) is 0 Å². The van der Waals surface area contributed by atoms with E-state index in [0.717, 1.165) is 27.2 Å². The highest BCUT2D eigenvalue weighted by molar-refractivity contribution is 7.15. The molecule has 0 spiro atoms. The number of fused-ring (bicyclic) bond motifs is 1. The van der Waals surface area contributed by atoms with Crippen molar-refractivity contribution in [1.82, 2.24) is 9.97 Å². The first-order valence-electron chi connectivity index (χ1n) is 5.75. The third-order valence-corrected chi connectivity index (χ3v) is 3.97. The number of aromatic amines is 1. The van der Waals surface area contributed by atoms with Crippen LogP contribution in [0.15, 0.2) is 30.6 Å². The molecule has 2 aromatic heterocycles. The topological polar surface area (TPSA) is 49.9 Å². The third-order valence-electron chi connectivity index (χ3n) is 2.86. The van der Waals surface area contributed by atoms with Crippen LogP contribution < -0.4 is 10.1 Å². The van der Waals surface area contributed by atoms with Crippen molar-refractivity contribution >= 4 is 39.5 Å². The molecule has 19 heavy (non-hydrogen) atoms. The Bertz CT molecular complexity index is 707. The van der Waals surface area contributed by atoms with Gasteiger partial charge in [0.15, 0.2) is 4.47 Å². The minimum absolute atomic E-state index is 0.564. The van der Waals surface area contributed by atoms with E-state index in [2.05, 4.69) is 15.3 Å². The van der Waals surface area contributed by atoms with Gasteiger partial charge >= 0.3 is 0 Å². The monoisotopic (exact) mass is 293 g/mol. The number of aromatic nitrogens is 2. The highest BCUT2D eigenvalue weighted by Crippen LogP contribution is 2.29. The Labute approximate surface area is 119 Å². The molecule has 0 saturated carbocycles. The number of benzene rings is 1. The van der Waals surface area contributed by atoms with Crippen LogP contribution in [0.5, 0.6) is 5.75 Å². The van der Waals surface area contributed by atoms with E-state index in [-0.39, 0.29) is 0 Å². The van der Waals surface area contributed by atoms with Gasteiger partial charge in [-0.05, 0) is 6.07 Å². The molecule has 0 aliphatic heterocycles. The molecule has 0 bridgehead atoms. The summed E-state index contributed by atoms with van der Waals surface area (Å²) < 4.78 is 5.86. The number of rotatable bonds is 4. The van der Waals surface area contributed by atoms with Crippen LogP contribution in [0.1, 0.15) is 4.88 Å². The first kappa shape index (κ1) is 12.3. The summed E-state index contributed by atoms with van der Waals surface area (Å²) in [5, 5.41) is 4.53. The van der Waals surface area contributed by atoms with Crippen molar-refractivity contribution in [3.8, 4) is 5.75 Å². The molecule has 3 aromatic rings. The van der Waals surface area contributed by atoms with Crippen LogP contribution in [0, 0.1) is 0 Å². The number of thiazole rings is 1. The van der Waals surface area contributed by atoms with Crippen molar-refractivity contribution in [3.05, 3.63) is 39.9 Å². The van der Waals surface area contributed by atoms with Crippen molar-refractivity contribution in [2.24, 2.45) is 0 Å². The minimum Gasteiger partial charge on any atom is -0.497 e. The van der Waals surface area contributed by atoms with E-state index in [9.17, 15) is 0 Å². The van der Waals surface area contributed by atoms with Gasteiger partial charge in [-0.1, -0.05) is 11.6 Å². The summed E-state index contributed by atoms with van der Waals surface area (Å²) in [5.41, 5.74) is 2.07. The molecule has 0 aliphatic rings. The molecule has 1 aromatic carbocycles. The SMILES string of the molecule is COc1cc(NCc2cnc(Cl)s2)c2cc[nH]c2c1. The molecular formula is C13H12ClN3OS. The van der Waals surface area contributed by atoms with E-state index in [0.29, 0.717) is 11.0 Å². The van der Waals surface area contributed by atoms with Gasteiger partial charge in [-0.2, -0.15) is 0 Å². The van der Waals surface area contributed by atoms with Crippen molar-refractivity contribution in [2.75, 3.05) is 12.4 Å². The maximum Gasteiger partial charge on any atom is 0.183 e. The van der Waals surface area contributed by atoms with E-state index in [4.69, 9.17) is 16.3 Å². The van der Waals surface area contributed by atoms with Gasteiger partial charge < -0.3 is 15.0 Å². The molecule has 0 atom stereocenters. The predicted molar refractivity (Wildman–Crippen MR) is 79.3 cm³/mol. The molecule has 0 radical (unpaired) electrons. The van der Waals surface area contributed by atoms with Crippen molar-refractivity contribution < 1.29 is 4.74 Å². The number of H-pyrrole nitrogens is 1. The first-order valence-corrected chi connectivity index (χ1v) is 6.95. The predicted octanol–water partition coefficient (Wildman–Crippen LogP) is 3.90. The molecule has 4 nitrogen and oxygen atoms in total. The Morgan fingerprint density at radius 1 is 1.47 bits per heavy atom. The number of nitrogens with zero attached hydrogens (tertiary/aromatic N) is 1. The van der Waals surface area contributed by atoms with E-state index < -0.39 is 0 Å².